The smallest absolute Gasteiger partial charge is 0.189 e. The van der Waals surface area contributed by atoms with Gasteiger partial charge in [0, 0.05) is 17.6 Å². The minimum Gasteiger partial charge on any atom is -0.289 e. The molecule has 0 heterocycles. The highest BCUT2D eigenvalue weighted by Crippen LogP contribution is 2.28. The third-order valence-corrected chi connectivity index (χ3v) is 3.20. The first kappa shape index (κ1) is 11.8. The molecule has 0 saturated heterocycles. The Bertz CT molecular complexity index is 684. The zero-order chi connectivity index (χ0) is 13.4. The normalized spacial score (nSPS) is 15.9. The van der Waals surface area contributed by atoms with Gasteiger partial charge in [-0.1, -0.05) is 12.1 Å². The summed E-state index contributed by atoms with van der Waals surface area (Å²) in [5.74, 6) is -0.737. The highest BCUT2D eigenvalue weighted by molar-refractivity contribution is 6.15. The van der Waals surface area contributed by atoms with Crippen molar-refractivity contribution in [2.24, 2.45) is 0 Å². The molecular formula is C16H10F2O. The molecule has 0 atom stereocenters. The summed E-state index contributed by atoms with van der Waals surface area (Å²) in [6, 6.07) is 10.1. The molecule has 0 saturated carbocycles. The maximum atomic E-state index is 13.1. The van der Waals surface area contributed by atoms with Crippen LogP contribution in [0.1, 0.15) is 21.5 Å². The molecule has 3 rings (SSSR count). The van der Waals surface area contributed by atoms with Gasteiger partial charge in [-0.2, -0.15) is 0 Å². The number of rotatable bonds is 1. The lowest BCUT2D eigenvalue weighted by Gasteiger charge is -1.96. The maximum Gasteiger partial charge on any atom is 0.189 e. The van der Waals surface area contributed by atoms with E-state index < -0.39 is 0 Å². The molecule has 2 aromatic carbocycles. The van der Waals surface area contributed by atoms with E-state index in [4.69, 9.17) is 0 Å². The first-order valence-corrected chi connectivity index (χ1v) is 5.93. The summed E-state index contributed by atoms with van der Waals surface area (Å²) in [4.78, 5) is 12.1. The van der Waals surface area contributed by atoms with Gasteiger partial charge in [0.25, 0.3) is 0 Å². The molecule has 0 fully saturated rings. The number of carbonyl (C=O) groups is 1. The topological polar surface area (TPSA) is 17.1 Å². The number of halogens is 2. The molecule has 94 valence electrons. The summed E-state index contributed by atoms with van der Waals surface area (Å²) in [5.41, 5.74) is 2.62. The van der Waals surface area contributed by atoms with Crippen LogP contribution >= 0.6 is 0 Å². The van der Waals surface area contributed by atoms with Crippen molar-refractivity contribution in [2.75, 3.05) is 0 Å². The van der Waals surface area contributed by atoms with Crippen molar-refractivity contribution < 1.29 is 13.6 Å². The summed E-state index contributed by atoms with van der Waals surface area (Å²) in [6.07, 6.45) is 2.14. The van der Waals surface area contributed by atoms with Crippen molar-refractivity contribution in [3.63, 3.8) is 0 Å². The van der Waals surface area contributed by atoms with Gasteiger partial charge in [-0.3, -0.25) is 4.79 Å². The molecule has 0 aliphatic heterocycles. The van der Waals surface area contributed by atoms with Crippen LogP contribution in [0.15, 0.2) is 48.0 Å². The second-order valence-electron chi connectivity index (χ2n) is 4.53. The van der Waals surface area contributed by atoms with Gasteiger partial charge in [0.15, 0.2) is 5.78 Å². The van der Waals surface area contributed by atoms with Gasteiger partial charge in [-0.05, 0) is 47.5 Å². The molecule has 0 N–H and O–H groups in total. The van der Waals surface area contributed by atoms with Crippen molar-refractivity contribution in [3.05, 3.63) is 76.4 Å². The molecule has 19 heavy (non-hydrogen) atoms. The second kappa shape index (κ2) is 4.43. The highest BCUT2D eigenvalue weighted by Gasteiger charge is 2.24. The quantitative estimate of drug-likeness (QED) is 0.709. The zero-order valence-electron chi connectivity index (χ0n) is 9.99. The summed E-state index contributed by atoms with van der Waals surface area (Å²) < 4.78 is 25.9. The fourth-order valence-corrected chi connectivity index (χ4v) is 2.27. The Balaban J connectivity index is 1.97. The Morgan fingerprint density at radius 1 is 0.947 bits per heavy atom. The largest absolute Gasteiger partial charge is 0.289 e. The van der Waals surface area contributed by atoms with Crippen LogP contribution in [0.3, 0.4) is 0 Å². The van der Waals surface area contributed by atoms with E-state index in [-0.39, 0.29) is 17.4 Å². The Morgan fingerprint density at radius 2 is 1.63 bits per heavy atom. The van der Waals surface area contributed by atoms with Crippen LogP contribution in [0, 0.1) is 11.6 Å². The molecule has 0 spiro atoms. The van der Waals surface area contributed by atoms with Crippen molar-refractivity contribution in [2.45, 2.75) is 6.42 Å². The zero-order valence-corrected chi connectivity index (χ0v) is 9.99. The molecule has 0 aromatic heterocycles. The fourth-order valence-electron chi connectivity index (χ4n) is 2.27. The van der Waals surface area contributed by atoms with E-state index in [0.717, 1.165) is 5.56 Å². The first-order valence-electron chi connectivity index (χ1n) is 5.93. The van der Waals surface area contributed by atoms with Crippen LogP contribution in [0.4, 0.5) is 8.78 Å². The van der Waals surface area contributed by atoms with E-state index in [0.29, 0.717) is 23.1 Å². The van der Waals surface area contributed by atoms with Gasteiger partial charge in [0.1, 0.15) is 11.6 Å². The van der Waals surface area contributed by atoms with E-state index in [9.17, 15) is 13.6 Å². The third-order valence-electron chi connectivity index (χ3n) is 3.20. The Labute approximate surface area is 109 Å². The number of hydrogen-bond donors (Lipinski definition) is 0. The van der Waals surface area contributed by atoms with Crippen LogP contribution in [0.2, 0.25) is 0 Å². The minimum absolute atomic E-state index is 0.0840. The van der Waals surface area contributed by atoms with Crippen LogP contribution in [-0.4, -0.2) is 5.78 Å². The van der Waals surface area contributed by atoms with Gasteiger partial charge in [0.05, 0.1) is 0 Å². The highest BCUT2D eigenvalue weighted by atomic mass is 19.1. The number of hydrogen-bond acceptors (Lipinski definition) is 1. The van der Waals surface area contributed by atoms with Gasteiger partial charge in [-0.15, -0.1) is 0 Å². The molecule has 1 aliphatic carbocycles. The number of ketones is 1. The maximum absolute atomic E-state index is 13.1. The predicted molar refractivity (Wildman–Crippen MR) is 68.8 cm³/mol. The molecule has 1 nitrogen and oxygen atoms in total. The summed E-state index contributed by atoms with van der Waals surface area (Å²) in [6.45, 7) is 0. The van der Waals surface area contributed by atoms with E-state index in [1.165, 1.54) is 30.3 Å². The van der Waals surface area contributed by atoms with Crippen LogP contribution < -0.4 is 0 Å². The summed E-state index contributed by atoms with van der Waals surface area (Å²) in [7, 11) is 0. The predicted octanol–water partition coefficient (Wildman–Crippen LogP) is 3.79. The fraction of sp³-hybridized carbons (Fsp3) is 0.0625. The number of carbonyl (C=O) groups excluding carboxylic acids is 1. The number of Topliss-reactive ketones (excluding diaryl/α,β-unsaturated/α-hetero) is 1. The second-order valence-corrected chi connectivity index (χ2v) is 4.53. The summed E-state index contributed by atoms with van der Waals surface area (Å²) >= 11 is 0. The lowest BCUT2D eigenvalue weighted by Crippen LogP contribution is -1.95. The van der Waals surface area contributed by atoms with Crippen molar-refractivity contribution in [1.82, 2.24) is 0 Å². The molecule has 1 aliphatic rings. The molecule has 0 unspecified atom stereocenters. The van der Waals surface area contributed by atoms with E-state index in [1.54, 1.807) is 18.2 Å². The van der Waals surface area contributed by atoms with Gasteiger partial charge in [0.2, 0.25) is 0 Å². The average molecular weight is 256 g/mol. The molecule has 2 aromatic rings. The van der Waals surface area contributed by atoms with Crippen LogP contribution in [-0.2, 0) is 6.42 Å². The van der Waals surface area contributed by atoms with Crippen LogP contribution in [0.25, 0.3) is 6.08 Å². The molecule has 3 heteroatoms. The molecule has 0 radical (unpaired) electrons. The van der Waals surface area contributed by atoms with Crippen molar-refractivity contribution >= 4 is 11.9 Å². The standard InChI is InChI=1S/C16H10F2O/c17-13-3-1-10(2-4-13)7-12-8-11-9-14(18)5-6-15(11)16(12)19/h1-7,9H,8H2. The summed E-state index contributed by atoms with van der Waals surface area (Å²) in [5, 5.41) is 0. The van der Waals surface area contributed by atoms with Gasteiger partial charge < -0.3 is 0 Å². The monoisotopic (exact) mass is 256 g/mol. The lowest BCUT2D eigenvalue weighted by molar-refractivity contribution is 0.104. The lowest BCUT2D eigenvalue weighted by atomic mass is 10.1. The number of allylic oxidation sites excluding steroid dienone is 1. The molecule has 0 amide bonds. The van der Waals surface area contributed by atoms with E-state index in [1.807, 2.05) is 0 Å². The number of fused-ring (bicyclic) bond motifs is 1. The molecular weight excluding hydrogens is 246 g/mol. The van der Waals surface area contributed by atoms with Gasteiger partial charge >= 0.3 is 0 Å². The Morgan fingerprint density at radius 3 is 2.37 bits per heavy atom. The Hall–Kier alpha value is -2.29. The van der Waals surface area contributed by atoms with Crippen LogP contribution in [0.5, 0.6) is 0 Å². The van der Waals surface area contributed by atoms with E-state index >= 15 is 0 Å². The SMILES string of the molecule is O=C1C(=Cc2ccc(F)cc2)Cc2cc(F)ccc21. The van der Waals surface area contributed by atoms with Crippen molar-refractivity contribution in [3.8, 4) is 0 Å². The number of benzene rings is 2. The third kappa shape index (κ3) is 2.19. The van der Waals surface area contributed by atoms with E-state index in [2.05, 4.69) is 0 Å². The molecule has 0 bridgehead atoms. The minimum atomic E-state index is -0.338. The average Bonchev–Trinajstić information content (AvgIpc) is 2.68. The first-order chi connectivity index (χ1) is 9.13. The van der Waals surface area contributed by atoms with Gasteiger partial charge in [-0.25, -0.2) is 8.78 Å². The van der Waals surface area contributed by atoms with Crippen molar-refractivity contribution in [1.29, 1.82) is 0 Å². The Kier molecular flexibility index (Phi) is 2.75.